The minimum absolute atomic E-state index is 0.141. The van der Waals surface area contributed by atoms with E-state index in [4.69, 9.17) is 9.84 Å². The highest BCUT2D eigenvalue weighted by Crippen LogP contribution is 2.21. The average molecular weight is 332 g/mol. The summed E-state index contributed by atoms with van der Waals surface area (Å²) >= 11 is 0. The molecule has 4 N–H and O–H groups in total. The molecule has 1 aromatic rings. The molecule has 0 aromatic heterocycles. The molecule has 124 valence electrons. The van der Waals surface area contributed by atoms with Crippen LogP contribution < -0.4 is 10.0 Å². The number of sulfonamides is 1. The predicted octanol–water partition coefficient (Wildman–Crippen LogP) is 0.102. The molecule has 1 rings (SSSR count). The van der Waals surface area contributed by atoms with Gasteiger partial charge in [0.25, 0.3) is 0 Å². The second-order valence-electron chi connectivity index (χ2n) is 4.63. The number of aliphatic hydroxyl groups is 1. The second-order valence-corrected chi connectivity index (χ2v) is 6.40. The van der Waals surface area contributed by atoms with E-state index < -0.39 is 16.0 Å². The van der Waals surface area contributed by atoms with Crippen LogP contribution in [0.4, 0.5) is 5.69 Å². The molecular formula is C13H20N2O6S. The molecule has 0 amide bonds. The lowest BCUT2D eigenvalue weighted by molar-refractivity contribution is 0.0697. The second kappa shape index (κ2) is 8.08. The summed E-state index contributed by atoms with van der Waals surface area (Å²) in [6.07, 6.45) is 0. The van der Waals surface area contributed by atoms with Gasteiger partial charge in [0.1, 0.15) is 0 Å². The predicted molar refractivity (Wildman–Crippen MR) is 80.6 cm³/mol. The van der Waals surface area contributed by atoms with Gasteiger partial charge in [0.2, 0.25) is 10.0 Å². The molecule has 0 saturated heterocycles. The fourth-order valence-corrected chi connectivity index (χ4v) is 2.86. The van der Waals surface area contributed by atoms with Crippen LogP contribution in [0.5, 0.6) is 0 Å². The van der Waals surface area contributed by atoms with E-state index in [0.29, 0.717) is 12.3 Å². The lowest BCUT2D eigenvalue weighted by Gasteiger charge is -2.17. The van der Waals surface area contributed by atoms with Crippen molar-refractivity contribution in [2.45, 2.75) is 17.9 Å². The third kappa shape index (κ3) is 4.95. The summed E-state index contributed by atoms with van der Waals surface area (Å²) in [6.45, 7) is 1.69. The lowest BCUT2D eigenvalue weighted by Crippen LogP contribution is -2.27. The number of methoxy groups -OCH3 is 1. The normalized spacial score (nSPS) is 12.9. The summed E-state index contributed by atoms with van der Waals surface area (Å²) in [5.41, 5.74) is 0.146. The first-order valence-electron chi connectivity index (χ1n) is 6.55. The fraction of sp³-hybridized carbons (Fsp3) is 0.462. The first-order chi connectivity index (χ1) is 10.3. The van der Waals surface area contributed by atoms with E-state index in [1.165, 1.54) is 19.2 Å². The van der Waals surface area contributed by atoms with Gasteiger partial charge in [0, 0.05) is 25.4 Å². The summed E-state index contributed by atoms with van der Waals surface area (Å²) in [6, 6.07) is 3.62. The summed E-state index contributed by atoms with van der Waals surface area (Å²) in [7, 11) is -2.33. The van der Waals surface area contributed by atoms with Crippen LogP contribution in [-0.2, 0) is 14.8 Å². The zero-order valence-electron chi connectivity index (χ0n) is 12.4. The number of hydrogen-bond donors (Lipinski definition) is 4. The molecule has 0 fully saturated rings. The maximum atomic E-state index is 11.9. The van der Waals surface area contributed by atoms with Crippen molar-refractivity contribution in [3.05, 3.63) is 23.8 Å². The van der Waals surface area contributed by atoms with Gasteiger partial charge >= 0.3 is 5.97 Å². The molecule has 0 aliphatic rings. The largest absolute Gasteiger partial charge is 0.478 e. The van der Waals surface area contributed by atoms with Crippen LogP contribution in [0.25, 0.3) is 0 Å². The van der Waals surface area contributed by atoms with Crippen molar-refractivity contribution in [3.63, 3.8) is 0 Å². The Morgan fingerprint density at radius 2 is 2.09 bits per heavy atom. The topological polar surface area (TPSA) is 125 Å². The van der Waals surface area contributed by atoms with Gasteiger partial charge in [-0.15, -0.1) is 0 Å². The van der Waals surface area contributed by atoms with Gasteiger partial charge in [0.15, 0.2) is 0 Å². The van der Waals surface area contributed by atoms with Crippen LogP contribution in [-0.4, -0.2) is 57.5 Å². The van der Waals surface area contributed by atoms with Crippen molar-refractivity contribution in [1.82, 2.24) is 4.72 Å². The average Bonchev–Trinajstić information content (AvgIpc) is 2.45. The zero-order valence-corrected chi connectivity index (χ0v) is 13.2. The summed E-state index contributed by atoms with van der Waals surface area (Å²) < 4.78 is 31.0. The van der Waals surface area contributed by atoms with Crippen molar-refractivity contribution in [3.8, 4) is 0 Å². The van der Waals surface area contributed by atoms with Crippen LogP contribution in [0.2, 0.25) is 0 Å². The van der Waals surface area contributed by atoms with Gasteiger partial charge in [0.05, 0.1) is 23.7 Å². The molecule has 0 heterocycles. The van der Waals surface area contributed by atoms with Gasteiger partial charge in [-0.1, -0.05) is 0 Å². The Kier molecular flexibility index (Phi) is 6.75. The van der Waals surface area contributed by atoms with E-state index >= 15 is 0 Å². The van der Waals surface area contributed by atoms with Gasteiger partial charge in [-0.3, -0.25) is 0 Å². The molecule has 0 saturated carbocycles. The number of benzene rings is 1. The van der Waals surface area contributed by atoms with Crippen molar-refractivity contribution in [2.75, 3.05) is 32.2 Å². The van der Waals surface area contributed by atoms with Crippen molar-refractivity contribution in [1.29, 1.82) is 0 Å². The molecular weight excluding hydrogens is 312 g/mol. The number of ether oxygens (including phenoxy) is 1. The smallest absolute Gasteiger partial charge is 0.337 e. The number of aromatic carboxylic acids is 1. The minimum Gasteiger partial charge on any atom is -0.478 e. The molecule has 1 aromatic carbocycles. The number of carboxylic acid groups (broad SMARTS) is 1. The Bertz CT molecular complexity index is 617. The number of rotatable bonds is 9. The number of carboxylic acids is 1. The van der Waals surface area contributed by atoms with Gasteiger partial charge in [-0.2, -0.15) is 0 Å². The Morgan fingerprint density at radius 1 is 1.41 bits per heavy atom. The first-order valence-corrected chi connectivity index (χ1v) is 8.03. The van der Waals surface area contributed by atoms with Crippen molar-refractivity contribution >= 4 is 21.7 Å². The highest BCUT2D eigenvalue weighted by atomic mass is 32.2. The van der Waals surface area contributed by atoms with Crippen molar-refractivity contribution in [2.24, 2.45) is 0 Å². The molecule has 0 radical (unpaired) electrons. The third-order valence-electron chi connectivity index (χ3n) is 2.75. The summed E-state index contributed by atoms with van der Waals surface area (Å²) in [4.78, 5) is 11.2. The quantitative estimate of drug-likeness (QED) is 0.505. The van der Waals surface area contributed by atoms with Crippen LogP contribution in [0.1, 0.15) is 17.3 Å². The maximum absolute atomic E-state index is 11.9. The molecule has 22 heavy (non-hydrogen) atoms. The van der Waals surface area contributed by atoms with Gasteiger partial charge in [-0.05, 0) is 25.1 Å². The van der Waals surface area contributed by atoms with E-state index in [-0.39, 0.29) is 29.7 Å². The lowest BCUT2D eigenvalue weighted by atomic mass is 10.1. The van der Waals surface area contributed by atoms with E-state index in [1.807, 2.05) is 6.92 Å². The van der Waals surface area contributed by atoms with Gasteiger partial charge in [-0.25, -0.2) is 17.9 Å². The van der Waals surface area contributed by atoms with E-state index in [9.17, 15) is 18.3 Å². The van der Waals surface area contributed by atoms with Gasteiger partial charge < -0.3 is 20.3 Å². The van der Waals surface area contributed by atoms with Crippen molar-refractivity contribution < 1.29 is 28.2 Å². The molecule has 9 heteroatoms. The van der Waals surface area contributed by atoms with Crippen LogP contribution >= 0.6 is 0 Å². The molecule has 8 nitrogen and oxygen atoms in total. The first kappa shape index (κ1) is 18.4. The maximum Gasteiger partial charge on any atom is 0.337 e. The van der Waals surface area contributed by atoms with E-state index in [0.717, 1.165) is 6.07 Å². The fourth-order valence-electron chi connectivity index (χ4n) is 1.81. The summed E-state index contributed by atoms with van der Waals surface area (Å²) in [5.74, 6) is -1.24. The standard InChI is InChI=1S/C13H20N2O6S/c1-9(8-21-2)15-12-4-3-10(7-11(12)13(17)18)22(19,20)14-5-6-16/h3-4,7,9,14-16H,5-6,8H2,1-2H3,(H,17,18)/t9-/m1/s1. The van der Waals surface area contributed by atoms with E-state index in [2.05, 4.69) is 10.0 Å². The molecule has 0 aliphatic heterocycles. The third-order valence-corrected chi connectivity index (χ3v) is 4.21. The number of anilines is 1. The monoisotopic (exact) mass is 332 g/mol. The van der Waals surface area contributed by atoms with Crippen LogP contribution in [0.3, 0.4) is 0 Å². The highest BCUT2D eigenvalue weighted by Gasteiger charge is 2.19. The van der Waals surface area contributed by atoms with Crippen LogP contribution in [0.15, 0.2) is 23.1 Å². The molecule has 0 spiro atoms. The van der Waals surface area contributed by atoms with Crippen LogP contribution in [0, 0.1) is 0 Å². The SMILES string of the molecule is COC[C@@H](C)Nc1ccc(S(=O)(=O)NCCO)cc1C(=O)O. The zero-order chi connectivity index (χ0) is 16.8. The highest BCUT2D eigenvalue weighted by molar-refractivity contribution is 7.89. The molecule has 0 aliphatic carbocycles. The number of nitrogens with one attached hydrogen (secondary N) is 2. The Morgan fingerprint density at radius 3 is 2.64 bits per heavy atom. The number of carbonyl (C=O) groups is 1. The number of hydrogen-bond acceptors (Lipinski definition) is 6. The Labute approximate surface area is 129 Å². The van der Waals surface area contributed by atoms with E-state index in [1.54, 1.807) is 0 Å². The Hall–Kier alpha value is -1.68. The Balaban J connectivity index is 3.12. The molecule has 0 bridgehead atoms. The summed E-state index contributed by atoms with van der Waals surface area (Å²) in [5, 5.41) is 20.9. The molecule has 1 atom stereocenters. The minimum atomic E-state index is -3.86. The molecule has 0 unspecified atom stereocenters. The number of aliphatic hydroxyl groups excluding tert-OH is 1.